The molecule has 8 nitrogen and oxygen atoms in total. The molecule has 30 heavy (non-hydrogen) atoms. The molecule has 0 aromatic carbocycles. The van der Waals surface area contributed by atoms with E-state index in [1.165, 1.54) is 14.2 Å². The second kappa shape index (κ2) is 6.45. The molecule has 2 atom stereocenters. The molecule has 1 aromatic rings. The lowest BCUT2D eigenvalue weighted by molar-refractivity contribution is 0.0675. The first-order valence-electron chi connectivity index (χ1n) is 9.36. The predicted molar refractivity (Wildman–Crippen MR) is 112 cm³/mol. The summed E-state index contributed by atoms with van der Waals surface area (Å²) in [5, 5.41) is 26.8. The van der Waals surface area contributed by atoms with Crippen LogP contribution in [0.5, 0.6) is 0 Å². The van der Waals surface area contributed by atoms with Gasteiger partial charge in [-0.1, -0.05) is 0 Å². The van der Waals surface area contributed by atoms with Crippen LogP contribution in [0.3, 0.4) is 0 Å². The summed E-state index contributed by atoms with van der Waals surface area (Å²) in [6.07, 6.45) is 13.7. The summed E-state index contributed by atoms with van der Waals surface area (Å²) < 4.78 is 10.9. The van der Waals surface area contributed by atoms with Gasteiger partial charge in [0.15, 0.2) is 11.5 Å². The number of nitrogens with one attached hydrogen (secondary N) is 2. The van der Waals surface area contributed by atoms with Gasteiger partial charge in [-0.2, -0.15) is 0 Å². The molecule has 4 aliphatic rings. The highest BCUT2D eigenvalue weighted by atomic mass is 16.5. The molecule has 8 bridgehead atoms. The molecule has 5 rings (SSSR count). The van der Waals surface area contributed by atoms with Gasteiger partial charge in [0, 0.05) is 22.5 Å². The summed E-state index contributed by atoms with van der Waals surface area (Å²) in [5.74, 6) is 0.561. The number of methoxy groups -OCH3 is 2. The molecule has 0 amide bonds. The molecule has 0 fully saturated rings. The number of allylic oxidation sites excluding steroid dienone is 5. The fourth-order valence-corrected chi connectivity index (χ4v) is 3.82. The van der Waals surface area contributed by atoms with E-state index < -0.39 is 11.4 Å². The van der Waals surface area contributed by atoms with Gasteiger partial charge in [0.1, 0.15) is 5.70 Å². The zero-order valence-corrected chi connectivity index (χ0v) is 16.4. The SMILES string of the molecule is COC1=CC2=CC3=NC(O)(C=C3)C(OC)=C3C=CC(=N3)C=c3ccc([nH]3)=CC1(O)N2. The van der Waals surface area contributed by atoms with Crippen molar-refractivity contribution < 1.29 is 19.7 Å². The molecule has 4 aliphatic heterocycles. The molecular weight excluding hydrogens is 384 g/mol. The van der Waals surface area contributed by atoms with Gasteiger partial charge in [0.25, 0.3) is 0 Å². The van der Waals surface area contributed by atoms with Crippen molar-refractivity contribution in [3.05, 3.63) is 82.2 Å². The minimum atomic E-state index is -1.68. The average molecular weight is 404 g/mol. The summed E-state index contributed by atoms with van der Waals surface area (Å²) in [7, 11) is 2.97. The van der Waals surface area contributed by atoms with Crippen LogP contribution in [0.1, 0.15) is 0 Å². The lowest BCUT2D eigenvalue weighted by Crippen LogP contribution is -2.42. The molecule has 0 saturated carbocycles. The highest BCUT2D eigenvalue weighted by Gasteiger charge is 2.38. The first-order valence-corrected chi connectivity index (χ1v) is 9.36. The van der Waals surface area contributed by atoms with Crippen LogP contribution in [-0.4, -0.2) is 52.3 Å². The third-order valence-electron chi connectivity index (χ3n) is 5.14. The van der Waals surface area contributed by atoms with E-state index in [9.17, 15) is 10.2 Å². The number of hydrogen-bond acceptors (Lipinski definition) is 7. The Morgan fingerprint density at radius 3 is 2.57 bits per heavy atom. The molecule has 1 aromatic heterocycles. The first kappa shape index (κ1) is 18.4. The summed E-state index contributed by atoms with van der Waals surface area (Å²) >= 11 is 0. The van der Waals surface area contributed by atoms with Crippen LogP contribution < -0.4 is 16.0 Å². The predicted octanol–water partition coefficient (Wildman–Crippen LogP) is -0.137. The Balaban J connectivity index is 1.75. The second-order valence-corrected chi connectivity index (χ2v) is 7.25. The number of H-pyrrole nitrogens is 1. The summed E-state index contributed by atoms with van der Waals surface area (Å²) in [6, 6.07) is 3.74. The highest BCUT2D eigenvalue weighted by molar-refractivity contribution is 6.19. The maximum atomic E-state index is 11.1. The Morgan fingerprint density at radius 2 is 1.77 bits per heavy atom. The van der Waals surface area contributed by atoms with Crippen molar-refractivity contribution >= 4 is 23.6 Å². The lowest BCUT2D eigenvalue weighted by Gasteiger charge is -2.22. The maximum Gasteiger partial charge on any atom is 0.237 e. The molecule has 8 heteroatoms. The standard InChI is InChI=1S/C22H20N4O4/c1-29-19-11-17-10-15-7-8-21(27,25-15)20(30-2)18-6-5-14(24-18)9-13-3-4-16(23-13)12-22(19,28)26-17/h3-12,23,26-28H,1-2H3. The average Bonchev–Trinajstić information content (AvgIpc) is 3.46. The van der Waals surface area contributed by atoms with Crippen LogP contribution in [0.4, 0.5) is 0 Å². The number of aromatic amines is 1. The van der Waals surface area contributed by atoms with Crippen molar-refractivity contribution in [2.45, 2.75) is 11.4 Å². The van der Waals surface area contributed by atoms with Gasteiger partial charge >= 0.3 is 0 Å². The number of aromatic nitrogens is 1. The normalized spacial score (nSPS) is 28.8. The van der Waals surface area contributed by atoms with E-state index >= 15 is 0 Å². The Hall–Kier alpha value is -3.62. The molecule has 5 heterocycles. The van der Waals surface area contributed by atoms with E-state index in [1.54, 1.807) is 36.5 Å². The summed E-state index contributed by atoms with van der Waals surface area (Å²) in [6.45, 7) is 0. The minimum absolute atomic E-state index is 0.225. The highest BCUT2D eigenvalue weighted by Crippen LogP contribution is 2.32. The minimum Gasteiger partial charge on any atom is -0.496 e. The molecular formula is C22H20N4O4. The summed E-state index contributed by atoms with van der Waals surface area (Å²) in [4.78, 5) is 12.2. The van der Waals surface area contributed by atoms with E-state index in [0.29, 0.717) is 33.9 Å². The van der Waals surface area contributed by atoms with Gasteiger partial charge in [-0.25, -0.2) is 9.98 Å². The maximum absolute atomic E-state index is 11.1. The Morgan fingerprint density at radius 1 is 0.933 bits per heavy atom. The van der Waals surface area contributed by atoms with Crippen molar-refractivity contribution in [2.75, 3.05) is 14.2 Å². The largest absolute Gasteiger partial charge is 0.496 e. The zero-order valence-electron chi connectivity index (χ0n) is 16.4. The lowest BCUT2D eigenvalue weighted by atomic mass is 10.1. The third kappa shape index (κ3) is 2.94. The zero-order chi connectivity index (χ0) is 20.9. The first-order chi connectivity index (χ1) is 14.4. The number of nitrogens with zero attached hydrogens (tertiary/aromatic N) is 2. The van der Waals surface area contributed by atoms with Crippen LogP contribution in [-0.2, 0) is 9.47 Å². The molecule has 0 radical (unpaired) electrons. The van der Waals surface area contributed by atoms with Crippen LogP contribution in [0.25, 0.3) is 12.2 Å². The van der Waals surface area contributed by atoms with Crippen molar-refractivity contribution in [3.63, 3.8) is 0 Å². The van der Waals surface area contributed by atoms with Crippen LogP contribution in [0.15, 0.2) is 81.5 Å². The van der Waals surface area contributed by atoms with Crippen molar-refractivity contribution in [2.24, 2.45) is 9.98 Å². The number of hydrogen-bond donors (Lipinski definition) is 4. The van der Waals surface area contributed by atoms with Crippen LogP contribution >= 0.6 is 0 Å². The van der Waals surface area contributed by atoms with Crippen molar-refractivity contribution in [1.82, 2.24) is 10.3 Å². The number of rotatable bonds is 2. The molecule has 152 valence electrons. The number of ether oxygens (including phenoxy) is 2. The van der Waals surface area contributed by atoms with Gasteiger partial charge in [0.2, 0.25) is 11.4 Å². The van der Waals surface area contributed by atoms with Crippen LogP contribution in [0, 0.1) is 0 Å². The molecule has 4 N–H and O–H groups in total. The Labute approximate surface area is 172 Å². The smallest absolute Gasteiger partial charge is 0.237 e. The van der Waals surface area contributed by atoms with Gasteiger partial charge in [-0.05, 0) is 54.7 Å². The molecule has 0 aliphatic carbocycles. The summed E-state index contributed by atoms with van der Waals surface area (Å²) in [5.41, 5.74) is -0.949. The van der Waals surface area contributed by atoms with Crippen LogP contribution in [0.2, 0.25) is 0 Å². The number of aliphatic hydroxyl groups is 2. The number of aliphatic imine (C=N–C) groups is 2. The van der Waals surface area contributed by atoms with E-state index in [2.05, 4.69) is 20.3 Å². The van der Waals surface area contributed by atoms with Gasteiger partial charge in [-0.15, -0.1) is 0 Å². The second-order valence-electron chi connectivity index (χ2n) is 7.25. The molecule has 0 saturated heterocycles. The van der Waals surface area contributed by atoms with E-state index in [1.807, 2.05) is 24.3 Å². The van der Waals surface area contributed by atoms with Gasteiger partial charge in [-0.3, -0.25) is 0 Å². The van der Waals surface area contributed by atoms with E-state index in [4.69, 9.17) is 9.47 Å². The van der Waals surface area contributed by atoms with E-state index in [0.717, 1.165) is 5.35 Å². The van der Waals surface area contributed by atoms with Gasteiger partial charge in [0.05, 0.1) is 25.6 Å². The number of fused-ring (bicyclic) bond motifs is 6. The Bertz CT molecular complexity index is 1270. The molecule has 0 spiro atoms. The topological polar surface area (TPSA) is 111 Å². The monoisotopic (exact) mass is 404 g/mol. The van der Waals surface area contributed by atoms with Crippen molar-refractivity contribution in [3.8, 4) is 0 Å². The van der Waals surface area contributed by atoms with Crippen molar-refractivity contribution in [1.29, 1.82) is 0 Å². The third-order valence-corrected chi connectivity index (χ3v) is 5.14. The Kier molecular flexibility index (Phi) is 3.96. The fraction of sp³-hybridized carbons (Fsp3) is 0.182. The quantitative estimate of drug-likeness (QED) is 0.549. The molecule has 2 unspecified atom stereocenters. The fourth-order valence-electron chi connectivity index (χ4n) is 3.82. The van der Waals surface area contributed by atoms with Gasteiger partial charge < -0.3 is 30.0 Å². The van der Waals surface area contributed by atoms with E-state index in [-0.39, 0.29) is 5.76 Å².